The summed E-state index contributed by atoms with van der Waals surface area (Å²) in [7, 11) is -3.09. The molecule has 0 N–H and O–H groups in total. The summed E-state index contributed by atoms with van der Waals surface area (Å²) in [5.74, 6) is 0. The lowest BCUT2D eigenvalue weighted by molar-refractivity contribution is 0.0342. The molecule has 0 saturated carbocycles. The maximum atomic E-state index is 11.3. The Morgan fingerprint density at radius 1 is 1.18 bits per heavy atom. The first-order valence-corrected chi connectivity index (χ1v) is 7.54. The Bertz CT molecular complexity index is 461. The standard InChI is InChI=1S/C12H17NO3S/c1-17(14,15)12-4-2-11(3-5-12)10-13-6-8-16-9-7-13/h2-5H,6-10H2,1H3. The number of benzene rings is 1. The molecule has 5 heteroatoms. The molecule has 2 rings (SSSR count). The number of morpholine rings is 1. The van der Waals surface area contributed by atoms with Crippen LogP contribution in [-0.2, 0) is 21.1 Å². The molecule has 0 unspecified atom stereocenters. The van der Waals surface area contributed by atoms with Gasteiger partial charge in [-0.2, -0.15) is 0 Å². The second-order valence-corrected chi connectivity index (χ2v) is 6.32. The van der Waals surface area contributed by atoms with Gasteiger partial charge in [-0.05, 0) is 17.7 Å². The summed E-state index contributed by atoms with van der Waals surface area (Å²) in [5.41, 5.74) is 1.14. The number of hydrogen-bond donors (Lipinski definition) is 0. The molecule has 1 saturated heterocycles. The van der Waals surface area contributed by atoms with Gasteiger partial charge in [0.05, 0.1) is 18.1 Å². The molecule has 1 aromatic rings. The highest BCUT2D eigenvalue weighted by Gasteiger charge is 2.11. The van der Waals surface area contributed by atoms with Crippen molar-refractivity contribution in [2.45, 2.75) is 11.4 Å². The van der Waals surface area contributed by atoms with Gasteiger partial charge in [0.1, 0.15) is 0 Å². The van der Waals surface area contributed by atoms with Crippen LogP contribution in [0.15, 0.2) is 29.2 Å². The van der Waals surface area contributed by atoms with Crippen molar-refractivity contribution < 1.29 is 13.2 Å². The largest absolute Gasteiger partial charge is 0.379 e. The molecule has 0 spiro atoms. The van der Waals surface area contributed by atoms with Crippen molar-refractivity contribution in [2.75, 3.05) is 32.6 Å². The zero-order valence-electron chi connectivity index (χ0n) is 9.93. The monoisotopic (exact) mass is 255 g/mol. The van der Waals surface area contributed by atoms with E-state index >= 15 is 0 Å². The zero-order valence-corrected chi connectivity index (χ0v) is 10.7. The van der Waals surface area contributed by atoms with Gasteiger partial charge in [0, 0.05) is 25.9 Å². The molecule has 0 amide bonds. The molecule has 4 nitrogen and oxygen atoms in total. The van der Waals surface area contributed by atoms with Crippen LogP contribution in [0, 0.1) is 0 Å². The van der Waals surface area contributed by atoms with Crippen molar-refractivity contribution in [1.82, 2.24) is 4.90 Å². The lowest BCUT2D eigenvalue weighted by Crippen LogP contribution is -2.35. The number of nitrogens with zero attached hydrogens (tertiary/aromatic N) is 1. The zero-order chi connectivity index (χ0) is 12.3. The van der Waals surface area contributed by atoms with Gasteiger partial charge in [0.25, 0.3) is 0 Å². The predicted molar refractivity (Wildman–Crippen MR) is 65.6 cm³/mol. The van der Waals surface area contributed by atoms with E-state index in [0.29, 0.717) is 4.90 Å². The highest BCUT2D eigenvalue weighted by Crippen LogP contribution is 2.12. The van der Waals surface area contributed by atoms with Crippen LogP contribution in [-0.4, -0.2) is 45.9 Å². The topological polar surface area (TPSA) is 46.6 Å². The summed E-state index contributed by atoms with van der Waals surface area (Å²) in [6.45, 7) is 4.29. The second kappa shape index (κ2) is 5.16. The Kier molecular flexibility index (Phi) is 3.81. The Hall–Kier alpha value is -0.910. The predicted octanol–water partition coefficient (Wildman–Crippen LogP) is 0.922. The Labute approximate surface area is 102 Å². The van der Waals surface area contributed by atoms with Crippen LogP contribution in [0.5, 0.6) is 0 Å². The maximum absolute atomic E-state index is 11.3. The summed E-state index contributed by atoms with van der Waals surface area (Å²) >= 11 is 0. The summed E-state index contributed by atoms with van der Waals surface area (Å²) in [4.78, 5) is 2.68. The first-order chi connectivity index (χ1) is 8.05. The fourth-order valence-corrected chi connectivity index (χ4v) is 2.49. The quantitative estimate of drug-likeness (QED) is 0.806. The van der Waals surface area contributed by atoms with Crippen LogP contribution in [0.25, 0.3) is 0 Å². The van der Waals surface area contributed by atoms with Gasteiger partial charge in [-0.1, -0.05) is 12.1 Å². The van der Waals surface area contributed by atoms with E-state index in [1.165, 1.54) is 6.26 Å². The summed E-state index contributed by atoms with van der Waals surface area (Å²) in [5, 5.41) is 0. The molecule has 0 radical (unpaired) electrons. The minimum Gasteiger partial charge on any atom is -0.379 e. The summed E-state index contributed by atoms with van der Waals surface area (Å²) in [6.07, 6.45) is 1.23. The van der Waals surface area contributed by atoms with E-state index in [1.807, 2.05) is 12.1 Å². The summed E-state index contributed by atoms with van der Waals surface area (Å²) in [6, 6.07) is 7.11. The lowest BCUT2D eigenvalue weighted by Gasteiger charge is -2.26. The van der Waals surface area contributed by atoms with E-state index in [0.717, 1.165) is 38.4 Å². The molecule has 1 aliphatic rings. The lowest BCUT2D eigenvalue weighted by atomic mass is 10.2. The van der Waals surface area contributed by atoms with Gasteiger partial charge >= 0.3 is 0 Å². The number of sulfone groups is 1. The van der Waals surface area contributed by atoms with E-state index in [1.54, 1.807) is 12.1 Å². The van der Waals surface area contributed by atoms with Gasteiger partial charge in [-0.15, -0.1) is 0 Å². The van der Waals surface area contributed by atoms with Crippen LogP contribution in [0.2, 0.25) is 0 Å². The molecule has 0 aliphatic carbocycles. The Morgan fingerprint density at radius 2 is 1.76 bits per heavy atom. The Morgan fingerprint density at radius 3 is 2.29 bits per heavy atom. The highest BCUT2D eigenvalue weighted by molar-refractivity contribution is 7.90. The third-order valence-corrected chi connectivity index (χ3v) is 3.99. The fourth-order valence-electron chi connectivity index (χ4n) is 1.86. The smallest absolute Gasteiger partial charge is 0.175 e. The van der Waals surface area contributed by atoms with Crippen LogP contribution >= 0.6 is 0 Å². The van der Waals surface area contributed by atoms with Gasteiger partial charge in [-0.25, -0.2) is 8.42 Å². The maximum Gasteiger partial charge on any atom is 0.175 e. The summed E-state index contributed by atoms with van der Waals surface area (Å²) < 4.78 is 27.9. The third-order valence-electron chi connectivity index (χ3n) is 2.86. The van der Waals surface area contributed by atoms with Crippen LogP contribution in [0.4, 0.5) is 0 Å². The molecule has 1 aliphatic heterocycles. The van der Waals surface area contributed by atoms with Crippen molar-refractivity contribution >= 4 is 9.84 Å². The fraction of sp³-hybridized carbons (Fsp3) is 0.500. The normalized spacial score (nSPS) is 18.2. The molecule has 0 bridgehead atoms. The molecule has 1 heterocycles. The molecule has 1 aromatic carbocycles. The van der Waals surface area contributed by atoms with Crippen molar-refractivity contribution in [1.29, 1.82) is 0 Å². The molecular weight excluding hydrogens is 238 g/mol. The molecular formula is C12H17NO3S. The SMILES string of the molecule is CS(=O)(=O)c1ccc(CN2CCOCC2)cc1. The van der Waals surface area contributed by atoms with Crippen LogP contribution in [0.3, 0.4) is 0 Å². The first-order valence-electron chi connectivity index (χ1n) is 5.65. The van der Waals surface area contributed by atoms with Gasteiger partial charge < -0.3 is 4.74 Å². The van der Waals surface area contributed by atoms with Gasteiger partial charge in [-0.3, -0.25) is 4.90 Å². The average Bonchev–Trinajstić information content (AvgIpc) is 2.30. The van der Waals surface area contributed by atoms with E-state index in [4.69, 9.17) is 4.74 Å². The number of ether oxygens (including phenoxy) is 1. The van der Waals surface area contributed by atoms with Crippen molar-refractivity contribution in [3.8, 4) is 0 Å². The van der Waals surface area contributed by atoms with Crippen molar-refractivity contribution in [3.05, 3.63) is 29.8 Å². The minimum absolute atomic E-state index is 0.378. The molecule has 1 fully saturated rings. The van der Waals surface area contributed by atoms with Crippen LogP contribution < -0.4 is 0 Å². The number of rotatable bonds is 3. The van der Waals surface area contributed by atoms with Crippen molar-refractivity contribution in [3.63, 3.8) is 0 Å². The number of hydrogen-bond acceptors (Lipinski definition) is 4. The van der Waals surface area contributed by atoms with E-state index in [2.05, 4.69) is 4.90 Å². The third kappa shape index (κ3) is 3.52. The molecule has 0 atom stereocenters. The molecule has 0 aromatic heterocycles. The van der Waals surface area contributed by atoms with Gasteiger partial charge in [0.15, 0.2) is 9.84 Å². The first kappa shape index (κ1) is 12.5. The van der Waals surface area contributed by atoms with Gasteiger partial charge in [0.2, 0.25) is 0 Å². The van der Waals surface area contributed by atoms with E-state index in [9.17, 15) is 8.42 Å². The highest BCUT2D eigenvalue weighted by atomic mass is 32.2. The van der Waals surface area contributed by atoms with E-state index < -0.39 is 9.84 Å². The average molecular weight is 255 g/mol. The second-order valence-electron chi connectivity index (χ2n) is 4.30. The van der Waals surface area contributed by atoms with Crippen LogP contribution in [0.1, 0.15) is 5.56 Å². The molecule has 17 heavy (non-hydrogen) atoms. The Balaban J connectivity index is 2.03. The van der Waals surface area contributed by atoms with Crippen molar-refractivity contribution in [2.24, 2.45) is 0 Å². The molecule has 94 valence electrons. The minimum atomic E-state index is -3.09. The van der Waals surface area contributed by atoms with E-state index in [-0.39, 0.29) is 0 Å².